The molecule has 0 N–H and O–H groups in total. The highest BCUT2D eigenvalue weighted by Gasteiger charge is 2.34. The number of hydrogen-bond donors (Lipinski definition) is 0. The molecule has 0 aromatic carbocycles. The number of ether oxygens (including phenoxy) is 1. The maximum Gasteiger partial charge on any atom is 0.183 e. The highest BCUT2D eigenvalue weighted by Crippen LogP contribution is 2.28. The number of carbonyl (C=O) groups excluding carboxylic acids is 1. The van der Waals surface area contributed by atoms with Crippen LogP contribution in [-0.2, 0) is 9.53 Å². The SMILES string of the molecule is CC1CCC(C(=O)C(C#N)c2cccs2)O1. The number of hydrogen-bond acceptors (Lipinski definition) is 4. The van der Waals surface area contributed by atoms with E-state index < -0.39 is 5.92 Å². The van der Waals surface area contributed by atoms with Crippen molar-refractivity contribution in [2.75, 3.05) is 0 Å². The minimum Gasteiger partial charge on any atom is -0.367 e. The van der Waals surface area contributed by atoms with Crippen LogP contribution in [0.1, 0.15) is 30.6 Å². The molecule has 1 saturated heterocycles. The molecule has 0 amide bonds. The van der Waals surface area contributed by atoms with Crippen molar-refractivity contribution in [3.05, 3.63) is 22.4 Å². The lowest BCUT2D eigenvalue weighted by Gasteiger charge is -2.12. The molecule has 84 valence electrons. The quantitative estimate of drug-likeness (QED) is 0.808. The summed E-state index contributed by atoms with van der Waals surface area (Å²) in [5, 5.41) is 11.0. The molecular weight excluding hydrogens is 222 g/mol. The second kappa shape index (κ2) is 4.77. The third kappa shape index (κ3) is 2.16. The molecule has 0 saturated carbocycles. The summed E-state index contributed by atoms with van der Waals surface area (Å²) in [4.78, 5) is 12.9. The number of ketones is 1. The standard InChI is InChI=1S/C12H13NO2S/c1-8-4-5-10(15-8)12(14)9(7-13)11-3-2-6-16-11/h2-3,6,8-10H,4-5H2,1H3. The van der Waals surface area contributed by atoms with Crippen molar-refractivity contribution in [2.45, 2.75) is 37.9 Å². The van der Waals surface area contributed by atoms with Gasteiger partial charge in [0, 0.05) is 4.88 Å². The molecule has 1 fully saturated rings. The molecule has 0 radical (unpaired) electrons. The first-order chi connectivity index (χ1) is 7.72. The molecule has 0 bridgehead atoms. The molecule has 1 aliphatic heterocycles. The number of carbonyl (C=O) groups is 1. The highest BCUT2D eigenvalue weighted by atomic mass is 32.1. The average molecular weight is 235 g/mol. The van der Waals surface area contributed by atoms with Gasteiger partial charge in [-0.3, -0.25) is 4.79 Å². The molecule has 4 heteroatoms. The maximum absolute atomic E-state index is 12.1. The van der Waals surface area contributed by atoms with Gasteiger partial charge in [0.2, 0.25) is 0 Å². The zero-order valence-corrected chi connectivity index (χ0v) is 9.87. The summed E-state index contributed by atoms with van der Waals surface area (Å²) < 4.78 is 5.51. The lowest BCUT2D eigenvalue weighted by Crippen LogP contribution is -2.25. The van der Waals surface area contributed by atoms with Crippen LogP contribution in [0.25, 0.3) is 0 Å². The fourth-order valence-corrected chi connectivity index (χ4v) is 2.70. The van der Waals surface area contributed by atoms with Crippen LogP contribution >= 0.6 is 11.3 Å². The van der Waals surface area contributed by atoms with Gasteiger partial charge in [0.05, 0.1) is 12.2 Å². The summed E-state index contributed by atoms with van der Waals surface area (Å²) in [7, 11) is 0. The number of nitriles is 1. The third-order valence-corrected chi connectivity index (χ3v) is 3.73. The normalized spacial score (nSPS) is 26.2. The van der Waals surface area contributed by atoms with Crippen LogP contribution in [0.3, 0.4) is 0 Å². The molecule has 3 atom stereocenters. The van der Waals surface area contributed by atoms with Crippen LogP contribution in [0, 0.1) is 11.3 Å². The van der Waals surface area contributed by atoms with Crippen molar-refractivity contribution in [3.8, 4) is 6.07 Å². The van der Waals surface area contributed by atoms with Gasteiger partial charge in [-0.15, -0.1) is 11.3 Å². The number of thiophene rings is 1. The fraction of sp³-hybridized carbons (Fsp3) is 0.500. The molecule has 16 heavy (non-hydrogen) atoms. The second-order valence-corrected chi connectivity index (χ2v) is 4.97. The Bertz CT molecular complexity index is 407. The molecule has 0 spiro atoms. The third-order valence-electron chi connectivity index (χ3n) is 2.79. The fourth-order valence-electron chi connectivity index (χ4n) is 1.92. The molecule has 2 rings (SSSR count). The van der Waals surface area contributed by atoms with E-state index in [4.69, 9.17) is 10.00 Å². The molecular formula is C12H13NO2S. The summed E-state index contributed by atoms with van der Waals surface area (Å²) in [5.41, 5.74) is 0. The molecule has 3 unspecified atom stereocenters. The van der Waals surface area contributed by atoms with E-state index in [1.54, 1.807) is 0 Å². The Morgan fingerprint density at radius 3 is 3.00 bits per heavy atom. The Kier molecular flexibility index (Phi) is 3.37. The van der Waals surface area contributed by atoms with E-state index in [1.165, 1.54) is 11.3 Å². The first-order valence-electron chi connectivity index (χ1n) is 5.34. The average Bonchev–Trinajstić information content (AvgIpc) is 2.90. The Hall–Kier alpha value is -1.18. The Labute approximate surface area is 98.7 Å². The van der Waals surface area contributed by atoms with Crippen molar-refractivity contribution in [2.24, 2.45) is 0 Å². The molecule has 3 nitrogen and oxygen atoms in total. The molecule has 1 aromatic rings. The maximum atomic E-state index is 12.1. The van der Waals surface area contributed by atoms with Crippen molar-refractivity contribution >= 4 is 17.1 Å². The molecule has 2 heterocycles. The predicted molar refractivity (Wildman–Crippen MR) is 61.2 cm³/mol. The summed E-state index contributed by atoms with van der Waals surface area (Å²) in [6, 6.07) is 5.76. The van der Waals surface area contributed by atoms with Crippen LogP contribution < -0.4 is 0 Å². The number of Topliss-reactive ketones (excluding diaryl/α,β-unsaturated/α-hetero) is 1. The van der Waals surface area contributed by atoms with Gasteiger partial charge in [0.25, 0.3) is 0 Å². The van der Waals surface area contributed by atoms with Crippen LogP contribution in [-0.4, -0.2) is 18.0 Å². The van der Waals surface area contributed by atoms with Crippen LogP contribution in [0.15, 0.2) is 17.5 Å². The Balaban J connectivity index is 2.11. The molecule has 1 aliphatic rings. The van der Waals surface area contributed by atoms with Crippen molar-refractivity contribution in [1.29, 1.82) is 5.26 Å². The van der Waals surface area contributed by atoms with Crippen LogP contribution in [0.4, 0.5) is 0 Å². The minimum absolute atomic E-state index is 0.0886. The van der Waals surface area contributed by atoms with E-state index in [2.05, 4.69) is 6.07 Å². The molecule has 0 aliphatic carbocycles. The van der Waals surface area contributed by atoms with Crippen molar-refractivity contribution < 1.29 is 9.53 Å². The topological polar surface area (TPSA) is 50.1 Å². The van der Waals surface area contributed by atoms with Gasteiger partial charge in [0.1, 0.15) is 12.0 Å². The second-order valence-electron chi connectivity index (χ2n) is 3.99. The largest absolute Gasteiger partial charge is 0.367 e. The smallest absolute Gasteiger partial charge is 0.183 e. The van der Waals surface area contributed by atoms with Gasteiger partial charge >= 0.3 is 0 Å². The van der Waals surface area contributed by atoms with Gasteiger partial charge in [-0.1, -0.05) is 6.07 Å². The Morgan fingerprint density at radius 2 is 2.50 bits per heavy atom. The van der Waals surface area contributed by atoms with Crippen molar-refractivity contribution in [1.82, 2.24) is 0 Å². The van der Waals surface area contributed by atoms with Gasteiger partial charge in [-0.2, -0.15) is 5.26 Å². The van der Waals surface area contributed by atoms with Gasteiger partial charge < -0.3 is 4.74 Å². The van der Waals surface area contributed by atoms with E-state index in [0.29, 0.717) is 0 Å². The summed E-state index contributed by atoms with van der Waals surface area (Å²) in [6.45, 7) is 1.96. The zero-order valence-electron chi connectivity index (χ0n) is 9.05. The summed E-state index contributed by atoms with van der Waals surface area (Å²) >= 11 is 1.44. The number of rotatable bonds is 3. The van der Waals surface area contributed by atoms with E-state index in [9.17, 15) is 4.79 Å². The summed E-state index contributed by atoms with van der Waals surface area (Å²) in [6.07, 6.45) is 1.39. The Morgan fingerprint density at radius 1 is 1.69 bits per heavy atom. The monoisotopic (exact) mass is 235 g/mol. The van der Waals surface area contributed by atoms with E-state index in [-0.39, 0.29) is 18.0 Å². The van der Waals surface area contributed by atoms with Crippen LogP contribution in [0.2, 0.25) is 0 Å². The van der Waals surface area contributed by atoms with E-state index in [0.717, 1.165) is 17.7 Å². The molecule has 1 aromatic heterocycles. The first-order valence-corrected chi connectivity index (χ1v) is 6.22. The zero-order chi connectivity index (χ0) is 11.5. The van der Waals surface area contributed by atoms with Crippen molar-refractivity contribution in [3.63, 3.8) is 0 Å². The summed E-state index contributed by atoms with van der Waals surface area (Å²) in [5.74, 6) is -0.746. The lowest BCUT2D eigenvalue weighted by molar-refractivity contribution is -0.129. The van der Waals surface area contributed by atoms with E-state index >= 15 is 0 Å². The van der Waals surface area contributed by atoms with Crippen LogP contribution in [0.5, 0.6) is 0 Å². The highest BCUT2D eigenvalue weighted by molar-refractivity contribution is 7.10. The van der Waals surface area contributed by atoms with E-state index in [1.807, 2.05) is 24.4 Å². The van der Waals surface area contributed by atoms with Gasteiger partial charge in [0.15, 0.2) is 5.78 Å². The first kappa shape index (κ1) is 11.3. The predicted octanol–water partition coefficient (Wildman–Crippen LogP) is 2.49. The lowest BCUT2D eigenvalue weighted by atomic mass is 9.98. The number of nitrogens with zero attached hydrogens (tertiary/aromatic N) is 1. The minimum atomic E-state index is -0.657. The van der Waals surface area contributed by atoms with Gasteiger partial charge in [-0.05, 0) is 31.2 Å². The van der Waals surface area contributed by atoms with Gasteiger partial charge in [-0.25, -0.2) is 0 Å².